The number of phenolic OH excluding ortho intramolecular Hbond substituents is 1. The Morgan fingerprint density at radius 2 is 1.79 bits per heavy atom. The summed E-state index contributed by atoms with van der Waals surface area (Å²) < 4.78 is 0. The summed E-state index contributed by atoms with van der Waals surface area (Å²) in [6.45, 7) is 14.8. The van der Waals surface area contributed by atoms with Crippen LogP contribution in [0.1, 0.15) is 32.2 Å². The van der Waals surface area contributed by atoms with Crippen molar-refractivity contribution >= 4 is 34.0 Å². The minimum Gasteiger partial charge on any atom is -0.505 e. The van der Waals surface area contributed by atoms with Gasteiger partial charge in [0.05, 0.1) is 5.69 Å². The standard InChI is InChI=1S/C22H28N8O.C2H6/c1-5-29-9-11-30(12-10-29)22-25-15(3)24-21(27-22)26-17-8-6-7-16-13-14(2)19(28-23-4)20(31)18(16)17;1-2/h6-8,13,31H,5,9-12H2,1-4H3,(H,24,25,26,27);1-2H3. The average Bonchev–Trinajstić information content (AvgIpc) is 2.82. The second-order valence-corrected chi connectivity index (χ2v) is 7.65. The number of hydrogen-bond donors (Lipinski definition) is 2. The number of fused-ring (bicyclic) bond motifs is 1. The van der Waals surface area contributed by atoms with E-state index in [0.717, 1.165) is 43.7 Å². The van der Waals surface area contributed by atoms with E-state index in [0.29, 0.717) is 34.5 Å². The fourth-order valence-electron chi connectivity index (χ4n) is 3.94. The lowest BCUT2D eigenvalue weighted by atomic mass is 10.0. The fraction of sp³-hybridized carbons (Fsp3) is 0.458. The Hall–Kier alpha value is -3.33. The molecule has 33 heavy (non-hydrogen) atoms. The van der Waals surface area contributed by atoms with Gasteiger partial charge in [-0.2, -0.15) is 25.2 Å². The van der Waals surface area contributed by atoms with E-state index in [1.807, 2.05) is 52.0 Å². The molecule has 0 spiro atoms. The number of likely N-dealkylation sites (N-methyl/N-ethyl adjacent to an activating group) is 1. The number of phenols is 1. The number of aromatic hydroxyl groups is 1. The third-order valence-corrected chi connectivity index (χ3v) is 5.59. The highest BCUT2D eigenvalue weighted by molar-refractivity contribution is 6.03. The van der Waals surface area contributed by atoms with Gasteiger partial charge in [-0.05, 0) is 43.5 Å². The number of aromatic nitrogens is 3. The number of anilines is 3. The Kier molecular flexibility index (Phi) is 8.11. The number of nitrogens with one attached hydrogen (secondary N) is 1. The molecule has 176 valence electrons. The van der Waals surface area contributed by atoms with Crippen LogP contribution >= 0.6 is 0 Å². The van der Waals surface area contributed by atoms with Gasteiger partial charge in [-0.15, -0.1) is 0 Å². The van der Waals surface area contributed by atoms with Crippen LogP contribution in [0.5, 0.6) is 5.75 Å². The first-order valence-corrected chi connectivity index (χ1v) is 11.5. The summed E-state index contributed by atoms with van der Waals surface area (Å²) in [4.78, 5) is 18.3. The minimum absolute atomic E-state index is 0.0883. The third kappa shape index (κ3) is 5.36. The topological polar surface area (TPSA) is 102 Å². The summed E-state index contributed by atoms with van der Waals surface area (Å²) >= 11 is 0. The molecular weight excluding hydrogens is 416 g/mol. The van der Waals surface area contributed by atoms with Crippen LogP contribution in [0.2, 0.25) is 0 Å². The first-order chi connectivity index (χ1) is 16.0. The van der Waals surface area contributed by atoms with Crippen LogP contribution in [0.25, 0.3) is 10.8 Å². The van der Waals surface area contributed by atoms with Gasteiger partial charge < -0.3 is 20.2 Å². The number of nitrogens with zero attached hydrogens (tertiary/aromatic N) is 7. The molecule has 0 saturated carbocycles. The maximum atomic E-state index is 10.9. The zero-order valence-corrected chi connectivity index (χ0v) is 20.4. The predicted molar refractivity (Wildman–Crippen MR) is 134 cm³/mol. The van der Waals surface area contributed by atoms with Crippen LogP contribution in [0.15, 0.2) is 34.5 Å². The summed E-state index contributed by atoms with van der Waals surface area (Å²) in [6, 6.07) is 7.77. The molecule has 2 aromatic carbocycles. The molecule has 0 atom stereocenters. The van der Waals surface area contributed by atoms with E-state index >= 15 is 0 Å². The molecule has 1 aliphatic heterocycles. The second-order valence-electron chi connectivity index (χ2n) is 7.65. The van der Waals surface area contributed by atoms with Crippen molar-refractivity contribution in [2.24, 2.45) is 10.2 Å². The van der Waals surface area contributed by atoms with Crippen LogP contribution in [-0.4, -0.2) is 64.7 Å². The monoisotopic (exact) mass is 450 g/mol. The lowest BCUT2D eigenvalue weighted by Gasteiger charge is -2.34. The Balaban J connectivity index is 0.00000149. The summed E-state index contributed by atoms with van der Waals surface area (Å²) in [5.41, 5.74) is 2.03. The first kappa shape index (κ1) is 24.3. The molecule has 1 aromatic heterocycles. The highest BCUT2D eigenvalue weighted by Crippen LogP contribution is 2.42. The van der Waals surface area contributed by atoms with Crippen molar-refractivity contribution < 1.29 is 5.11 Å². The predicted octanol–water partition coefficient (Wildman–Crippen LogP) is 4.97. The molecule has 9 heteroatoms. The van der Waals surface area contributed by atoms with Gasteiger partial charge in [0.25, 0.3) is 0 Å². The minimum atomic E-state index is 0.0883. The molecule has 0 amide bonds. The molecule has 0 radical (unpaired) electrons. The molecule has 1 aliphatic rings. The van der Waals surface area contributed by atoms with Crippen molar-refractivity contribution in [3.05, 3.63) is 35.7 Å². The van der Waals surface area contributed by atoms with Gasteiger partial charge in [0.1, 0.15) is 11.5 Å². The van der Waals surface area contributed by atoms with Gasteiger partial charge in [0, 0.05) is 38.6 Å². The Bertz CT molecular complexity index is 1120. The Morgan fingerprint density at radius 1 is 1.06 bits per heavy atom. The van der Waals surface area contributed by atoms with Gasteiger partial charge >= 0.3 is 0 Å². The molecule has 0 unspecified atom stereocenters. The normalized spacial score (nSPS) is 14.4. The smallest absolute Gasteiger partial charge is 0.232 e. The highest BCUT2D eigenvalue weighted by Gasteiger charge is 2.20. The molecule has 2 N–H and O–H groups in total. The highest BCUT2D eigenvalue weighted by atomic mass is 16.3. The summed E-state index contributed by atoms with van der Waals surface area (Å²) in [5, 5.41) is 23.7. The molecule has 0 bridgehead atoms. The maximum Gasteiger partial charge on any atom is 0.232 e. The quantitative estimate of drug-likeness (QED) is 0.529. The zero-order valence-electron chi connectivity index (χ0n) is 20.4. The number of piperazine rings is 1. The number of aryl methyl sites for hydroxylation is 2. The fourth-order valence-corrected chi connectivity index (χ4v) is 3.94. The molecule has 2 heterocycles. The van der Waals surface area contributed by atoms with E-state index in [1.165, 1.54) is 0 Å². The summed E-state index contributed by atoms with van der Waals surface area (Å²) in [5.74, 6) is 1.86. The van der Waals surface area contributed by atoms with Crippen molar-refractivity contribution in [2.75, 3.05) is 50.0 Å². The van der Waals surface area contributed by atoms with Crippen molar-refractivity contribution in [1.82, 2.24) is 19.9 Å². The molecule has 1 fully saturated rings. The van der Waals surface area contributed by atoms with Crippen LogP contribution in [-0.2, 0) is 0 Å². The van der Waals surface area contributed by atoms with Crippen LogP contribution in [0, 0.1) is 13.8 Å². The van der Waals surface area contributed by atoms with Gasteiger partial charge in [-0.3, -0.25) is 0 Å². The molecule has 3 aromatic rings. The van der Waals surface area contributed by atoms with Crippen molar-refractivity contribution in [3.63, 3.8) is 0 Å². The van der Waals surface area contributed by atoms with Crippen molar-refractivity contribution in [2.45, 2.75) is 34.6 Å². The van der Waals surface area contributed by atoms with E-state index in [-0.39, 0.29) is 5.75 Å². The SMILES string of the molecule is CC.CCN1CCN(c2nc(C)nc(Nc3cccc4cc(C)c(N=NC)c(O)c34)n2)CC1. The molecule has 0 aliphatic carbocycles. The van der Waals surface area contributed by atoms with Gasteiger partial charge in [0.15, 0.2) is 5.75 Å². The lowest BCUT2D eigenvalue weighted by Crippen LogP contribution is -2.46. The van der Waals surface area contributed by atoms with E-state index in [9.17, 15) is 5.11 Å². The van der Waals surface area contributed by atoms with Crippen LogP contribution in [0.3, 0.4) is 0 Å². The lowest BCUT2D eigenvalue weighted by molar-refractivity contribution is 0.270. The van der Waals surface area contributed by atoms with Gasteiger partial charge in [0.2, 0.25) is 11.9 Å². The number of azo groups is 1. The Morgan fingerprint density at radius 3 is 2.45 bits per heavy atom. The summed E-state index contributed by atoms with van der Waals surface area (Å²) in [7, 11) is 1.59. The number of rotatable bonds is 5. The molecule has 1 saturated heterocycles. The second kappa shape index (κ2) is 11.0. The average molecular weight is 451 g/mol. The summed E-state index contributed by atoms with van der Waals surface area (Å²) in [6.07, 6.45) is 0. The van der Waals surface area contributed by atoms with E-state index < -0.39 is 0 Å². The van der Waals surface area contributed by atoms with E-state index in [1.54, 1.807) is 7.05 Å². The van der Waals surface area contributed by atoms with Crippen LogP contribution in [0.4, 0.5) is 23.3 Å². The maximum absolute atomic E-state index is 10.9. The number of benzene rings is 2. The van der Waals surface area contributed by atoms with Gasteiger partial charge in [-0.1, -0.05) is 32.9 Å². The number of hydrogen-bond acceptors (Lipinski definition) is 9. The van der Waals surface area contributed by atoms with Crippen molar-refractivity contribution in [1.29, 1.82) is 0 Å². The molecule has 4 rings (SSSR count). The largest absolute Gasteiger partial charge is 0.505 e. The van der Waals surface area contributed by atoms with E-state index in [4.69, 9.17) is 0 Å². The molecule has 9 nitrogen and oxygen atoms in total. The molecular formula is C24H34N8O. The van der Waals surface area contributed by atoms with Crippen LogP contribution < -0.4 is 10.2 Å². The van der Waals surface area contributed by atoms with Gasteiger partial charge in [-0.25, -0.2) is 0 Å². The third-order valence-electron chi connectivity index (χ3n) is 5.59. The Labute approximate surface area is 195 Å². The van der Waals surface area contributed by atoms with E-state index in [2.05, 4.69) is 47.2 Å². The zero-order chi connectivity index (χ0) is 24.0. The van der Waals surface area contributed by atoms with Crippen molar-refractivity contribution in [3.8, 4) is 5.75 Å². The first-order valence-electron chi connectivity index (χ1n) is 11.5.